The predicted molar refractivity (Wildman–Crippen MR) is 111 cm³/mol. The number of aromatic amines is 1. The Morgan fingerprint density at radius 1 is 0.933 bits per heavy atom. The van der Waals surface area contributed by atoms with Gasteiger partial charge in [-0.1, -0.05) is 0 Å². The van der Waals surface area contributed by atoms with E-state index in [9.17, 15) is 14.4 Å². The topological polar surface area (TPSA) is 117 Å². The Morgan fingerprint density at radius 2 is 1.50 bits per heavy atom. The molecule has 30 heavy (non-hydrogen) atoms. The molecule has 1 heterocycles. The number of rotatable bonds is 9. The zero-order valence-corrected chi connectivity index (χ0v) is 19.4. The number of nitrogens with zero attached hydrogens (tertiary/aromatic N) is 1. The van der Waals surface area contributed by atoms with Gasteiger partial charge in [0.15, 0.2) is 5.78 Å². The van der Waals surface area contributed by atoms with Crippen LogP contribution < -0.4 is 0 Å². The third kappa shape index (κ3) is 13.8. The second-order valence-corrected chi connectivity index (χ2v) is 8.31. The van der Waals surface area contributed by atoms with E-state index in [0.717, 1.165) is 0 Å². The fourth-order valence-electron chi connectivity index (χ4n) is 1.82. The van der Waals surface area contributed by atoms with Crippen molar-refractivity contribution in [3.8, 4) is 0 Å². The summed E-state index contributed by atoms with van der Waals surface area (Å²) in [6.07, 6.45) is 1.25. The Hall–Kier alpha value is -2.26. The van der Waals surface area contributed by atoms with E-state index in [1.807, 2.05) is 41.5 Å². The number of Topliss-reactive ketones (excluding diaryl/α,β-unsaturated/α-hetero) is 1. The van der Waals surface area contributed by atoms with Crippen LogP contribution in [0.5, 0.6) is 0 Å². The first-order valence-corrected chi connectivity index (χ1v) is 9.93. The van der Waals surface area contributed by atoms with Gasteiger partial charge in [-0.2, -0.15) is 5.10 Å². The molecule has 0 unspecified atom stereocenters. The van der Waals surface area contributed by atoms with Crippen molar-refractivity contribution in [1.29, 1.82) is 0 Å². The fourth-order valence-corrected chi connectivity index (χ4v) is 1.82. The molecular formula is C21H36N2O7. The Kier molecular flexibility index (Phi) is 12.1. The summed E-state index contributed by atoms with van der Waals surface area (Å²) in [6, 6.07) is 0. The van der Waals surface area contributed by atoms with Gasteiger partial charge >= 0.3 is 11.9 Å². The van der Waals surface area contributed by atoms with Crippen LogP contribution in [0.4, 0.5) is 0 Å². The van der Waals surface area contributed by atoms with Gasteiger partial charge in [-0.25, -0.2) is 4.79 Å². The van der Waals surface area contributed by atoms with E-state index in [4.69, 9.17) is 14.2 Å². The number of carbonyl (C=O) groups is 3. The van der Waals surface area contributed by atoms with Crippen molar-refractivity contribution in [3.63, 3.8) is 0 Å². The number of ketones is 1. The van der Waals surface area contributed by atoms with Crippen LogP contribution in [0.1, 0.15) is 77.9 Å². The molecule has 1 aromatic rings. The monoisotopic (exact) mass is 428 g/mol. The molecule has 0 atom stereocenters. The SMILES string of the molecule is CCOC(=O)CC(=O)COC(C)(C)C.CCOC(=O)c1cn[nH]c1COC(C)(C)C. The fraction of sp³-hybridized carbons (Fsp3) is 0.714. The molecule has 0 aliphatic heterocycles. The van der Waals surface area contributed by atoms with E-state index in [2.05, 4.69) is 14.9 Å². The van der Waals surface area contributed by atoms with E-state index in [-0.39, 0.29) is 36.0 Å². The van der Waals surface area contributed by atoms with Crippen molar-refractivity contribution in [2.45, 2.75) is 79.6 Å². The second-order valence-electron chi connectivity index (χ2n) is 8.31. The summed E-state index contributed by atoms with van der Waals surface area (Å²) in [5.74, 6) is -1.11. The summed E-state index contributed by atoms with van der Waals surface area (Å²) in [4.78, 5) is 33.5. The first-order chi connectivity index (χ1) is 13.8. The molecule has 9 heteroatoms. The van der Waals surface area contributed by atoms with Crippen LogP contribution in [0, 0.1) is 0 Å². The van der Waals surface area contributed by atoms with Gasteiger partial charge in [0.2, 0.25) is 0 Å². The number of esters is 2. The highest BCUT2D eigenvalue weighted by Gasteiger charge is 2.18. The van der Waals surface area contributed by atoms with Crippen LogP contribution in [-0.2, 0) is 35.1 Å². The number of hydrogen-bond donors (Lipinski definition) is 1. The van der Waals surface area contributed by atoms with E-state index in [1.165, 1.54) is 6.20 Å². The highest BCUT2D eigenvalue weighted by Crippen LogP contribution is 2.14. The van der Waals surface area contributed by atoms with Gasteiger partial charge in [0.05, 0.1) is 42.9 Å². The quantitative estimate of drug-likeness (QED) is 0.471. The number of hydrogen-bond acceptors (Lipinski definition) is 8. The molecule has 0 fully saturated rings. The summed E-state index contributed by atoms with van der Waals surface area (Å²) in [7, 11) is 0. The van der Waals surface area contributed by atoms with Crippen molar-refractivity contribution < 1.29 is 33.3 Å². The standard InChI is InChI=1S/C11H18N2O3.C10H18O4/c1-5-15-10(14)8-6-12-13-9(8)7-16-11(2,3)4;1-5-13-9(12)6-8(11)7-14-10(2,3)4/h6H,5,7H2,1-4H3,(H,12,13);5-7H2,1-4H3. The molecule has 0 spiro atoms. The Labute approximate surface area is 178 Å². The molecule has 0 bridgehead atoms. The normalized spacial score (nSPS) is 11.3. The van der Waals surface area contributed by atoms with Gasteiger partial charge < -0.3 is 18.9 Å². The Bertz CT molecular complexity index is 670. The van der Waals surface area contributed by atoms with Crippen molar-refractivity contribution >= 4 is 17.7 Å². The number of nitrogens with one attached hydrogen (secondary N) is 1. The minimum absolute atomic E-state index is 0.0394. The van der Waals surface area contributed by atoms with Crippen molar-refractivity contribution in [3.05, 3.63) is 17.5 Å². The molecule has 0 saturated heterocycles. The summed E-state index contributed by atoms with van der Waals surface area (Å²) >= 11 is 0. The van der Waals surface area contributed by atoms with Gasteiger partial charge in [0.25, 0.3) is 0 Å². The zero-order chi connectivity index (χ0) is 23.4. The van der Waals surface area contributed by atoms with E-state index in [1.54, 1.807) is 13.8 Å². The average Bonchev–Trinajstić information content (AvgIpc) is 3.07. The largest absolute Gasteiger partial charge is 0.466 e. The van der Waals surface area contributed by atoms with Crippen molar-refractivity contribution in [2.24, 2.45) is 0 Å². The molecule has 0 amide bonds. The predicted octanol–water partition coefficient (Wildman–Crippen LogP) is 3.23. The number of carbonyl (C=O) groups excluding carboxylic acids is 3. The minimum Gasteiger partial charge on any atom is -0.466 e. The number of ether oxygens (including phenoxy) is 4. The van der Waals surface area contributed by atoms with Crippen LogP contribution in [0.2, 0.25) is 0 Å². The molecule has 1 aromatic heterocycles. The Balaban J connectivity index is 0.000000567. The van der Waals surface area contributed by atoms with Crippen LogP contribution in [0.3, 0.4) is 0 Å². The lowest BCUT2D eigenvalue weighted by atomic mass is 10.2. The average molecular weight is 429 g/mol. The minimum atomic E-state index is -0.491. The van der Waals surface area contributed by atoms with Crippen LogP contribution in [0.15, 0.2) is 6.20 Å². The number of H-pyrrole nitrogens is 1. The van der Waals surface area contributed by atoms with Crippen LogP contribution in [0.25, 0.3) is 0 Å². The molecule has 0 aliphatic carbocycles. The summed E-state index contributed by atoms with van der Waals surface area (Å²) in [5.41, 5.74) is 0.473. The van der Waals surface area contributed by atoms with E-state index >= 15 is 0 Å². The summed E-state index contributed by atoms with van der Waals surface area (Å²) in [5, 5.41) is 6.56. The molecule has 1 N–H and O–H groups in total. The number of aromatic nitrogens is 2. The van der Waals surface area contributed by atoms with Crippen molar-refractivity contribution in [2.75, 3.05) is 19.8 Å². The third-order valence-corrected chi connectivity index (χ3v) is 3.18. The molecule has 172 valence electrons. The molecule has 0 saturated carbocycles. The molecule has 0 aliphatic rings. The summed E-state index contributed by atoms with van der Waals surface area (Å²) in [6.45, 7) is 15.8. The third-order valence-electron chi connectivity index (χ3n) is 3.18. The lowest BCUT2D eigenvalue weighted by molar-refractivity contribution is -0.147. The highest BCUT2D eigenvalue weighted by molar-refractivity contribution is 5.96. The smallest absolute Gasteiger partial charge is 0.341 e. The molecule has 1 rings (SSSR count). The van der Waals surface area contributed by atoms with Gasteiger partial charge in [-0.05, 0) is 55.4 Å². The van der Waals surface area contributed by atoms with Gasteiger partial charge in [0, 0.05) is 0 Å². The van der Waals surface area contributed by atoms with E-state index in [0.29, 0.717) is 31.1 Å². The van der Waals surface area contributed by atoms with Crippen LogP contribution in [-0.4, -0.2) is 58.9 Å². The Morgan fingerprint density at radius 3 is 2.00 bits per heavy atom. The van der Waals surface area contributed by atoms with Crippen molar-refractivity contribution in [1.82, 2.24) is 10.2 Å². The van der Waals surface area contributed by atoms with E-state index < -0.39 is 5.97 Å². The lowest BCUT2D eigenvalue weighted by Gasteiger charge is -2.19. The molecule has 0 aromatic carbocycles. The maximum absolute atomic E-state index is 11.5. The summed E-state index contributed by atoms with van der Waals surface area (Å²) < 4.78 is 20.3. The maximum atomic E-state index is 11.5. The second kappa shape index (κ2) is 13.1. The maximum Gasteiger partial charge on any atom is 0.341 e. The lowest BCUT2D eigenvalue weighted by Crippen LogP contribution is -2.25. The first kappa shape index (κ1) is 27.7. The van der Waals surface area contributed by atoms with Gasteiger partial charge in [-0.3, -0.25) is 14.7 Å². The molecule has 0 radical (unpaired) electrons. The molecular weight excluding hydrogens is 392 g/mol. The van der Waals surface area contributed by atoms with Gasteiger partial charge in [-0.15, -0.1) is 0 Å². The highest BCUT2D eigenvalue weighted by atomic mass is 16.5. The van der Waals surface area contributed by atoms with Gasteiger partial charge in [0.1, 0.15) is 18.6 Å². The first-order valence-electron chi connectivity index (χ1n) is 9.93. The van der Waals surface area contributed by atoms with Crippen LogP contribution >= 0.6 is 0 Å². The molecule has 9 nitrogen and oxygen atoms in total. The zero-order valence-electron chi connectivity index (χ0n) is 19.4.